The molecule has 2 heterocycles. The van der Waals surface area contributed by atoms with Gasteiger partial charge in [-0.1, -0.05) is 48.5 Å². The van der Waals surface area contributed by atoms with Crippen LogP contribution in [0.4, 0.5) is 5.82 Å². The first-order chi connectivity index (χ1) is 17.1. The van der Waals surface area contributed by atoms with Gasteiger partial charge in [-0.2, -0.15) is 0 Å². The third kappa shape index (κ3) is 4.28. The number of furan rings is 1. The molecule has 3 aromatic carbocycles. The standard InChI is InChI=1S/C30H26N2O3/c1-4-34-29-20(3)30-25(17-24(29)19(2)16-28(33)32-27-14-7-8-15-31-27)26(18-35-30)23-13-9-11-21-10-5-6-12-22(21)23/h5-18H,4H2,1-3H3,(H,31,32,33)/b19-16+. The minimum absolute atomic E-state index is 0.247. The van der Waals surface area contributed by atoms with Gasteiger partial charge < -0.3 is 14.5 Å². The van der Waals surface area contributed by atoms with Crippen molar-refractivity contribution >= 4 is 39.0 Å². The summed E-state index contributed by atoms with van der Waals surface area (Å²) in [6, 6.07) is 22.1. The predicted molar refractivity (Wildman–Crippen MR) is 142 cm³/mol. The first-order valence-corrected chi connectivity index (χ1v) is 11.6. The van der Waals surface area contributed by atoms with Crippen molar-refractivity contribution in [3.63, 3.8) is 0 Å². The molecule has 0 spiro atoms. The number of amides is 1. The second kappa shape index (κ2) is 9.47. The second-order valence-electron chi connectivity index (χ2n) is 8.40. The van der Waals surface area contributed by atoms with Crippen LogP contribution in [-0.2, 0) is 4.79 Å². The molecule has 0 atom stereocenters. The molecule has 0 fully saturated rings. The van der Waals surface area contributed by atoms with Gasteiger partial charge in [-0.25, -0.2) is 4.98 Å². The van der Waals surface area contributed by atoms with Crippen LogP contribution in [0.25, 0.3) is 38.4 Å². The zero-order chi connectivity index (χ0) is 24.4. The molecule has 5 nitrogen and oxygen atoms in total. The van der Waals surface area contributed by atoms with E-state index >= 15 is 0 Å². The second-order valence-corrected chi connectivity index (χ2v) is 8.40. The topological polar surface area (TPSA) is 64.4 Å². The van der Waals surface area contributed by atoms with Gasteiger partial charge in [-0.15, -0.1) is 0 Å². The Morgan fingerprint density at radius 1 is 1.03 bits per heavy atom. The number of ether oxygens (including phenoxy) is 1. The summed E-state index contributed by atoms with van der Waals surface area (Å²) in [5, 5.41) is 6.12. The van der Waals surface area contributed by atoms with Gasteiger partial charge in [-0.3, -0.25) is 4.79 Å². The van der Waals surface area contributed by atoms with Crippen molar-refractivity contribution in [2.45, 2.75) is 20.8 Å². The van der Waals surface area contributed by atoms with Gasteiger partial charge in [0.1, 0.15) is 17.2 Å². The molecule has 5 rings (SSSR count). The first-order valence-electron chi connectivity index (χ1n) is 11.6. The van der Waals surface area contributed by atoms with Crippen LogP contribution in [0.1, 0.15) is 25.0 Å². The molecule has 35 heavy (non-hydrogen) atoms. The van der Waals surface area contributed by atoms with Gasteiger partial charge >= 0.3 is 0 Å². The molecule has 0 radical (unpaired) electrons. The van der Waals surface area contributed by atoms with Crippen molar-refractivity contribution in [2.75, 3.05) is 11.9 Å². The Bertz CT molecular complexity index is 1560. The summed E-state index contributed by atoms with van der Waals surface area (Å²) in [4.78, 5) is 16.9. The van der Waals surface area contributed by atoms with Crippen molar-refractivity contribution in [1.29, 1.82) is 0 Å². The number of allylic oxidation sites excluding steroid dienone is 1. The molecule has 1 amide bonds. The molecule has 0 bridgehead atoms. The van der Waals surface area contributed by atoms with Gasteiger partial charge in [0, 0.05) is 34.3 Å². The van der Waals surface area contributed by atoms with E-state index in [-0.39, 0.29) is 5.91 Å². The van der Waals surface area contributed by atoms with Crippen LogP contribution >= 0.6 is 0 Å². The number of benzene rings is 3. The van der Waals surface area contributed by atoms with Crippen LogP contribution in [0.3, 0.4) is 0 Å². The number of hydrogen-bond acceptors (Lipinski definition) is 4. The maximum absolute atomic E-state index is 12.7. The molecule has 0 saturated heterocycles. The Labute approximate surface area is 204 Å². The minimum atomic E-state index is -0.247. The summed E-state index contributed by atoms with van der Waals surface area (Å²) < 4.78 is 12.1. The number of aryl methyl sites for hydroxylation is 1. The Morgan fingerprint density at radius 2 is 1.83 bits per heavy atom. The fraction of sp³-hybridized carbons (Fsp3) is 0.133. The van der Waals surface area contributed by atoms with Crippen molar-refractivity contribution in [3.8, 4) is 16.9 Å². The van der Waals surface area contributed by atoms with Gasteiger partial charge in [-0.05, 0) is 60.9 Å². The molecule has 0 saturated carbocycles. The average molecular weight is 463 g/mol. The number of aromatic nitrogens is 1. The molecule has 0 aliphatic carbocycles. The minimum Gasteiger partial charge on any atom is -0.493 e. The maximum atomic E-state index is 12.7. The Morgan fingerprint density at radius 3 is 2.63 bits per heavy atom. The van der Waals surface area contributed by atoms with Crippen LogP contribution in [0.5, 0.6) is 5.75 Å². The SMILES string of the molecule is CCOc1c(/C(C)=C/C(=O)Nc2ccccn2)cc2c(-c3cccc4ccccc34)coc2c1C. The fourth-order valence-corrected chi connectivity index (χ4v) is 4.48. The Balaban J connectivity index is 1.64. The van der Waals surface area contributed by atoms with E-state index in [2.05, 4.69) is 46.7 Å². The largest absolute Gasteiger partial charge is 0.493 e. The molecule has 1 N–H and O–H groups in total. The van der Waals surface area contributed by atoms with Gasteiger partial charge in [0.15, 0.2) is 0 Å². The third-order valence-electron chi connectivity index (χ3n) is 6.10. The van der Waals surface area contributed by atoms with Crippen LogP contribution in [0.15, 0.2) is 89.7 Å². The molecular formula is C30H26N2O3. The number of pyridine rings is 1. The summed E-state index contributed by atoms with van der Waals surface area (Å²) in [5.74, 6) is 0.979. The summed E-state index contributed by atoms with van der Waals surface area (Å²) in [7, 11) is 0. The number of carbonyl (C=O) groups excluding carboxylic acids is 1. The van der Waals surface area contributed by atoms with Gasteiger partial charge in [0.2, 0.25) is 5.91 Å². The Kier molecular flexibility index (Phi) is 6.06. The van der Waals surface area contributed by atoms with Crippen LogP contribution < -0.4 is 10.1 Å². The fourth-order valence-electron chi connectivity index (χ4n) is 4.48. The number of fused-ring (bicyclic) bond motifs is 2. The lowest BCUT2D eigenvalue weighted by Crippen LogP contribution is -2.10. The van der Waals surface area contributed by atoms with Crippen molar-refractivity contribution in [1.82, 2.24) is 4.98 Å². The highest BCUT2D eigenvalue weighted by Gasteiger charge is 2.20. The molecule has 0 unspecified atom stereocenters. The van der Waals surface area contributed by atoms with E-state index in [1.807, 2.05) is 51.3 Å². The molecule has 0 aliphatic rings. The van der Waals surface area contributed by atoms with Gasteiger partial charge in [0.05, 0.1) is 12.9 Å². The molecule has 5 aromatic rings. The van der Waals surface area contributed by atoms with Crippen molar-refractivity contribution in [3.05, 3.63) is 96.4 Å². The molecule has 174 valence electrons. The van der Waals surface area contributed by atoms with E-state index in [0.29, 0.717) is 12.4 Å². The lowest BCUT2D eigenvalue weighted by atomic mass is 9.94. The lowest BCUT2D eigenvalue weighted by Gasteiger charge is -2.15. The lowest BCUT2D eigenvalue weighted by molar-refractivity contribution is -0.111. The van der Waals surface area contributed by atoms with Crippen molar-refractivity contribution < 1.29 is 13.9 Å². The number of nitrogens with one attached hydrogen (secondary N) is 1. The summed E-state index contributed by atoms with van der Waals surface area (Å²) >= 11 is 0. The van der Waals surface area contributed by atoms with E-state index in [1.165, 1.54) is 5.39 Å². The summed E-state index contributed by atoms with van der Waals surface area (Å²) in [6.45, 7) is 6.36. The number of rotatable bonds is 6. The summed E-state index contributed by atoms with van der Waals surface area (Å²) in [6.07, 6.45) is 5.03. The highest BCUT2D eigenvalue weighted by Crippen LogP contribution is 2.42. The third-order valence-corrected chi connectivity index (χ3v) is 6.10. The first kappa shape index (κ1) is 22.4. The van der Waals surface area contributed by atoms with Gasteiger partial charge in [0.25, 0.3) is 0 Å². The zero-order valence-electron chi connectivity index (χ0n) is 20.0. The smallest absolute Gasteiger partial charge is 0.249 e. The number of anilines is 1. The Hall–Kier alpha value is -4.38. The highest BCUT2D eigenvalue weighted by atomic mass is 16.5. The average Bonchev–Trinajstić information content (AvgIpc) is 3.30. The van der Waals surface area contributed by atoms with Crippen molar-refractivity contribution in [2.24, 2.45) is 0 Å². The highest BCUT2D eigenvalue weighted by molar-refractivity contribution is 6.08. The number of nitrogens with zero attached hydrogens (tertiary/aromatic N) is 1. The monoisotopic (exact) mass is 462 g/mol. The van der Waals surface area contributed by atoms with Crippen LogP contribution in [0.2, 0.25) is 0 Å². The zero-order valence-corrected chi connectivity index (χ0v) is 20.0. The number of carbonyl (C=O) groups is 1. The predicted octanol–water partition coefficient (Wildman–Crippen LogP) is 7.40. The van der Waals surface area contributed by atoms with E-state index < -0.39 is 0 Å². The summed E-state index contributed by atoms with van der Waals surface area (Å²) in [5.41, 5.74) is 5.45. The van der Waals surface area contributed by atoms with Crippen LogP contribution in [-0.4, -0.2) is 17.5 Å². The molecule has 0 aliphatic heterocycles. The van der Waals surface area contributed by atoms with E-state index in [1.54, 1.807) is 18.3 Å². The molecular weight excluding hydrogens is 436 g/mol. The van der Waals surface area contributed by atoms with E-state index in [0.717, 1.165) is 49.9 Å². The van der Waals surface area contributed by atoms with E-state index in [9.17, 15) is 4.79 Å². The normalized spacial score (nSPS) is 11.7. The quantitative estimate of drug-likeness (QED) is 0.267. The molecule has 2 aromatic heterocycles. The number of hydrogen-bond donors (Lipinski definition) is 1. The molecule has 5 heteroatoms. The maximum Gasteiger partial charge on any atom is 0.249 e. The van der Waals surface area contributed by atoms with E-state index in [4.69, 9.17) is 9.15 Å². The van der Waals surface area contributed by atoms with Crippen LogP contribution in [0, 0.1) is 6.92 Å².